The van der Waals surface area contributed by atoms with Gasteiger partial charge >= 0.3 is 0 Å². The highest BCUT2D eigenvalue weighted by atomic mass is 19.1. The number of nitrogens with zero attached hydrogens (tertiary/aromatic N) is 2. The van der Waals surface area contributed by atoms with Gasteiger partial charge < -0.3 is 20.5 Å². The molecular formula is C30H43FN4O3. The van der Waals surface area contributed by atoms with Gasteiger partial charge in [-0.05, 0) is 53.5 Å². The zero-order valence-corrected chi connectivity index (χ0v) is 23.2. The van der Waals surface area contributed by atoms with E-state index in [4.69, 9.17) is 4.74 Å². The topological polar surface area (TPSA) is 86.7 Å². The zero-order chi connectivity index (χ0) is 27.3. The first kappa shape index (κ1) is 28.6. The van der Waals surface area contributed by atoms with Crippen molar-refractivity contribution in [1.29, 1.82) is 0 Å². The Kier molecular flexibility index (Phi) is 9.52. The number of halogens is 1. The molecule has 1 saturated heterocycles. The number of pyridine rings is 1. The van der Waals surface area contributed by atoms with E-state index in [1.165, 1.54) is 41.9 Å². The third-order valence-electron chi connectivity index (χ3n) is 7.50. The highest BCUT2D eigenvalue weighted by Gasteiger charge is 2.35. The van der Waals surface area contributed by atoms with Crippen LogP contribution in [0.15, 0.2) is 36.5 Å². The van der Waals surface area contributed by atoms with E-state index in [1.807, 2.05) is 0 Å². The van der Waals surface area contributed by atoms with E-state index in [1.54, 1.807) is 0 Å². The van der Waals surface area contributed by atoms with Crippen LogP contribution in [0.2, 0.25) is 0 Å². The Morgan fingerprint density at radius 1 is 1.24 bits per heavy atom. The van der Waals surface area contributed by atoms with Crippen LogP contribution < -0.4 is 10.6 Å². The summed E-state index contributed by atoms with van der Waals surface area (Å²) in [6.07, 6.45) is 3.81. The molecule has 1 amide bonds. The van der Waals surface area contributed by atoms with E-state index in [0.717, 1.165) is 45.6 Å². The van der Waals surface area contributed by atoms with Crippen molar-refractivity contribution in [3.8, 4) is 0 Å². The van der Waals surface area contributed by atoms with Crippen LogP contribution in [-0.4, -0.2) is 71.9 Å². The lowest BCUT2D eigenvalue weighted by Crippen LogP contribution is -2.54. The van der Waals surface area contributed by atoms with Crippen molar-refractivity contribution >= 4 is 5.91 Å². The number of ether oxygens (including phenoxy) is 1. The number of hydrogen-bond acceptors (Lipinski definition) is 6. The van der Waals surface area contributed by atoms with Crippen LogP contribution in [0.4, 0.5) is 4.39 Å². The summed E-state index contributed by atoms with van der Waals surface area (Å²) in [7, 11) is 0. The lowest BCUT2D eigenvalue weighted by Gasteiger charge is -2.43. The lowest BCUT2D eigenvalue weighted by atomic mass is 9.80. The molecule has 4 rings (SSSR count). The summed E-state index contributed by atoms with van der Waals surface area (Å²) in [6.45, 7) is 11.7. The molecule has 0 bridgehead atoms. The van der Waals surface area contributed by atoms with Crippen molar-refractivity contribution in [3.63, 3.8) is 0 Å². The number of fused-ring (bicyclic) bond motifs is 1. The number of aromatic nitrogens is 1. The number of rotatable bonds is 9. The maximum absolute atomic E-state index is 13.8. The van der Waals surface area contributed by atoms with E-state index < -0.39 is 12.1 Å². The number of aryl methyl sites for hydroxylation is 1. The molecule has 2 aliphatic rings. The van der Waals surface area contributed by atoms with Crippen molar-refractivity contribution < 1.29 is 19.0 Å². The summed E-state index contributed by atoms with van der Waals surface area (Å²) in [5, 5.41) is 17.8. The molecule has 38 heavy (non-hydrogen) atoms. The monoisotopic (exact) mass is 526 g/mol. The first-order valence-electron chi connectivity index (χ1n) is 13.8. The van der Waals surface area contributed by atoms with Crippen molar-refractivity contribution in [1.82, 2.24) is 20.5 Å². The number of carbonyl (C=O) groups is 1. The van der Waals surface area contributed by atoms with E-state index in [9.17, 15) is 14.3 Å². The Labute approximate surface area is 226 Å². The number of carbonyl (C=O) groups excluding carboxylic acids is 1. The molecule has 208 valence electrons. The van der Waals surface area contributed by atoms with Gasteiger partial charge in [0.05, 0.1) is 25.4 Å². The van der Waals surface area contributed by atoms with Gasteiger partial charge in [0.15, 0.2) is 0 Å². The van der Waals surface area contributed by atoms with Crippen LogP contribution in [0.3, 0.4) is 0 Å². The maximum atomic E-state index is 13.8. The van der Waals surface area contributed by atoms with Crippen LogP contribution in [0.25, 0.3) is 0 Å². The third kappa shape index (κ3) is 7.82. The van der Waals surface area contributed by atoms with Crippen LogP contribution in [0.1, 0.15) is 62.5 Å². The lowest BCUT2D eigenvalue weighted by molar-refractivity contribution is -0.120. The number of hydrogen-bond donors (Lipinski definition) is 3. The van der Waals surface area contributed by atoms with E-state index in [0.29, 0.717) is 5.69 Å². The van der Waals surface area contributed by atoms with Gasteiger partial charge in [-0.2, -0.15) is 0 Å². The van der Waals surface area contributed by atoms with E-state index >= 15 is 0 Å². The molecule has 4 atom stereocenters. The normalized spacial score (nSPS) is 21.9. The number of aliphatic hydroxyl groups excluding tert-OH is 1. The minimum Gasteiger partial charge on any atom is -0.390 e. The van der Waals surface area contributed by atoms with E-state index in [2.05, 4.69) is 59.5 Å². The molecule has 2 heterocycles. The highest BCUT2D eigenvalue weighted by molar-refractivity contribution is 5.73. The van der Waals surface area contributed by atoms with Crippen LogP contribution in [0, 0.1) is 11.2 Å². The first-order chi connectivity index (χ1) is 18.1. The van der Waals surface area contributed by atoms with Crippen molar-refractivity contribution in [3.05, 3.63) is 64.7 Å². The molecule has 1 aliphatic carbocycles. The SMILES string of the molecule is CC(=O)NC(Cc1cc(F)ccn1)C(O)CNC1c2cc(CC(C)(C)C)ccc2CCC1N1CCOCC1. The third-order valence-corrected chi connectivity index (χ3v) is 7.50. The summed E-state index contributed by atoms with van der Waals surface area (Å²) in [5.74, 6) is -0.631. The molecule has 0 saturated carbocycles. The van der Waals surface area contributed by atoms with Crippen LogP contribution in [0.5, 0.6) is 0 Å². The smallest absolute Gasteiger partial charge is 0.217 e. The Morgan fingerprint density at radius 2 is 2.00 bits per heavy atom. The number of benzene rings is 1. The fourth-order valence-electron chi connectivity index (χ4n) is 5.83. The van der Waals surface area contributed by atoms with Crippen molar-refractivity contribution in [2.75, 3.05) is 32.8 Å². The summed E-state index contributed by atoms with van der Waals surface area (Å²) < 4.78 is 19.4. The van der Waals surface area contributed by atoms with Gasteiger partial charge in [0, 0.05) is 57.0 Å². The molecule has 0 spiro atoms. The summed E-state index contributed by atoms with van der Waals surface area (Å²) in [5.41, 5.74) is 4.64. The summed E-state index contributed by atoms with van der Waals surface area (Å²) in [4.78, 5) is 18.7. The van der Waals surface area contributed by atoms with Gasteiger partial charge in [0.1, 0.15) is 5.82 Å². The van der Waals surface area contributed by atoms with Crippen LogP contribution in [-0.2, 0) is 28.8 Å². The minimum absolute atomic E-state index is 0.0386. The number of aliphatic hydroxyl groups is 1. The first-order valence-corrected chi connectivity index (χ1v) is 13.8. The maximum Gasteiger partial charge on any atom is 0.217 e. The molecule has 8 heteroatoms. The zero-order valence-electron chi connectivity index (χ0n) is 23.2. The van der Waals surface area contributed by atoms with Crippen molar-refractivity contribution in [2.45, 2.75) is 77.6 Å². The summed E-state index contributed by atoms with van der Waals surface area (Å²) >= 11 is 0. The van der Waals surface area contributed by atoms with Gasteiger partial charge in [-0.1, -0.05) is 39.0 Å². The largest absolute Gasteiger partial charge is 0.390 e. The molecule has 3 N–H and O–H groups in total. The second kappa shape index (κ2) is 12.6. The molecule has 1 fully saturated rings. The average Bonchev–Trinajstić information content (AvgIpc) is 2.86. The second-order valence-electron chi connectivity index (χ2n) is 12.0. The molecule has 1 aliphatic heterocycles. The number of nitrogens with one attached hydrogen (secondary N) is 2. The van der Waals surface area contributed by atoms with Crippen LogP contribution >= 0.6 is 0 Å². The van der Waals surface area contributed by atoms with Gasteiger partial charge in [0.25, 0.3) is 0 Å². The van der Waals surface area contributed by atoms with Gasteiger partial charge in [-0.15, -0.1) is 0 Å². The number of morpholine rings is 1. The standard InChI is InChI=1S/C30H43FN4O3/c1-20(36)34-26(17-24-16-23(31)9-10-32-24)28(37)19-33-29-25-15-21(18-30(2,3)4)5-6-22(25)7-8-27(29)35-11-13-38-14-12-35/h5-6,9-10,15-16,26-29,33,37H,7-8,11-14,17-19H2,1-4H3,(H,34,36). The molecular weight excluding hydrogens is 483 g/mol. The highest BCUT2D eigenvalue weighted by Crippen LogP contribution is 2.35. The predicted octanol–water partition coefficient (Wildman–Crippen LogP) is 3.20. The molecule has 0 radical (unpaired) electrons. The van der Waals surface area contributed by atoms with Gasteiger partial charge in [-0.3, -0.25) is 14.7 Å². The number of amides is 1. The fraction of sp³-hybridized carbons (Fsp3) is 0.600. The van der Waals surface area contributed by atoms with Gasteiger partial charge in [-0.25, -0.2) is 4.39 Å². The molecule has 4 unspecified atom stereocenters. The molecule has 2 aromatic rings. The Morgan fingerprint density at radius 3 is 2.68 bits per heavy atom. The van der Waals surface area contributed by atoms with Crippen molar-refractivity contribution in [2.24, 2.45) is 5.41 Å². The van der Waals surface area contributed by atoms with Gasteiger partial charge in [0.2, 0.25) is 5.91 Å². The molecule has 1 aromatic heterocycles. The summed E-state index contributed by atoms with van der Waals surface area (Å²) in [6, 6.07) is 9.23. The predicted molar refractivity (Wildman–Crippen MR) is 146 cm³/mol. The minimum atomic E-state index is -0.877. The Balaban J connectivity index is 1.56. The average molecular weight is 527 g/mol. The Hall–Kier alpha value is -2.39. The fourth-order valence-corrected chi connectivity index (χ4v) is 5.83. The van der Waals surface area contributed by atoms with E-state index in [-0.39, 0.29) is 42.2 Å². The Bertz CT molecular complexity index is 1080. The molecule has 7 nitrogen and oxygen atoms in total. The quantitative estimate of drug-likeness (QED) is 0.465. The second-order valence-corrected chi connectivity index (χ2v) is 12.0. The molecule has 1 aromatic carbocycles.